The van der Waals surface area contributed by atoms with Gasteiger partial charge in [0.15, 0.2) is 0 Å². The molecule has 1 aromatic heterocycles. The average Bonchev–Trinajstić information content (AvgIpc) is 2.62. The molecular formula is C13H13BrClNO. The minimum absolute atomic E-state index is 0.284. The zero-order valence-electron chi connectivity index (χ0n) is 9.63. The van der Waals surface area contributed by atoms with Crippen molar-refractivity contribution in [2.24, 2.45) is 5.73 Å². The van der Waals surface area contributed by atoms with Crippen LogP contribution in [0.5, 0.6) is 0 Å². The van der Waals surface area contributed by atoms with Gasteiger partial charge in [0.1, 0.15) is 11.5 Å². The third-order valence-corrected chi connectivity index (χ3v) is 4.03. The van der Waals surface area contributed by atoms with Gasteiger partial charge in [-0.25, -0.2) is 0 Å². The highest BCUT2D eigenvalue weighted by atomic mass is 79.9. The van der Waals surface area contributed by atoms with E-state index in [1.54, 1.807) is 0 Å². The largest absolute Gasteiger partial charge is 0.464 e. The number of aryl methyl sites for hydroxylation is 2. The first-order chi connectivity index (χ1) is 7.99. The van der Waals surface area contributed by atoms with Crippen molar-refractivity contribution in [2.45, 2.75) is 19.9 Å². The molecule has 0 aliphatic heterocycles. The summed E-state index contributed by atoms with van der Waals surface area (Å²) in [7, 11) is 0. The van der Waals surface area contributed by atoms with Crippen LogP contribution in [0, 0.1) is 13.8 Å². The van der Waals surface area contributed by atoms with Gasteiger partial charge in [-0.1, -0.05) is 17.7 Å². The van der Waals surface area contributed by atoms with Crippen LogP contribution in [0.25, 0.3) is 0 Å². The smallest absolute Gasteiger partial charge is 0.125 e. The Kier molecular flexibility index (Phi) is 3.61. The van der Waals surface area contributed by atoms with Crippen LogP contribution in [0.15, 0.2) is 33.2 Å². The predicted octanol–water partition coefficient (Wildman–Crippen LogP) is 4.36. The monoisotopic (exact) mass is 313 g/mol. The Morgan fingerprint density at radius 1 is 1.29 bits per heavy atom. The van der Waals surface area contributed by atoms with E-state index in [0.717, 1.165) is 27.1 Å². The number of furan rings is 1. The topological polar surface area (TPSA) is 39.2 Å². The average molecular weight is 315 g/mol. The minimum Gasteiger partial charge on any atom is -0.464 e. The van der Waals surface area contributed by atoms with Crippen LogP contribution >= 0.6 is 27.5 Å². The van der Waals surface area contributed by atoms with E-state index in [4.69, 9.17) is 21.8 Å². The van der Waals surface area contributed by atoms with Gasteiger partial charge in [-0.3, -0.25) is 0 Å². The van der Waals surface area contributed by atoms with E-state index in [0.29, 0.717) is 5.02 Å². The number of halogens is 2. The van der Waals surface area contributed by atoms with Gasteiger partial charge < -0.3 is 10.2 Å². The maximum Gasteiger partial charge on any atom is 0.125 e. The Morgan fingerprint density at radius 2 is 2.00 bits per heavy atom. The summed E-state index contributed by atoms with van der Waals surface area (Å²) >= 11 is 9.40. The molecule has 2 N–H and O–H groups in total. The van der Waals surface area contributed by atoms with Crippen LogP contribution in [0.1, 0.15) is 28.7 Å². The second kappa shape index (κ2) is 4.84. The van der Waals surface area contributed by atoms with Crippen molar-refractivity contribution in [1.82, 2.24) is 0 Å². The fourth-order valence-electron chi connectivity index (χ4n) is 1.63. The normalized spacial score (nSPS) is 12.8. The molecule has 2 nitrogen and oxygen atoms in total. The lowest BCUT2D eigenvalue weighted by atomic mass is 10.1. The van der Waals surface area contributed by atoms with E-state index in [1.807, 2.05) is 38.1 Å². The van der Waals surface area contributed by atoms with E-state index in [9.17, 15) is 0 Å². The van der Waals surface area contributed by atoms with Crippen LogP contribution in [0.3, 0.4) is 0 Å². The third-order valence-electron chi connectivity index (χ3n) is 2.79. The molecule has 0 radical (unpaired) electrons. The SMILES string of the molecule is Cc1cc(C(N)c2ccc(Br)c(Cl)c2)oc1C. The maximum absolute atomic E-state index is 6.15. The Hall–Kier alpha value is -0.770. The summed E-state index contributed by atoms with van der Waals surface area (Å²) in [6.45, 7) is 3.93. The van der Waals surface area contributed by atoms with Gasteiger partial charge in [0.05, 0.1) is 11.1 Å². The van der Waals surface area contributed by atoms with E-state index in [1.165, 1.54) is 0 Å². The summed E-state index contributed by atoms with van der Waals surface area (Å²) in [5.74, 6) is 1.66. The van der Waals surface area contributed by atoms with Crippen molar-refractivity contribution < 1.29 is 4.42 Å². The molecular weight excluding hydrogens is 302 g/mol. The highest BCUT2D eigenvalue weighted by molar-refractivity contribution is 9.10. The summed E-state index contributed by atoms with van der Waals surface area (Å²) < 4.78 is 6.48. The molecule has 1 heterocycles. The molecule has 90 valence electrons. The van der Waals surface area contributed by atoms with E-state index in [2.05, 4.69) is 15.9 Å². The lowest BCUT2D eigenvalue weighted by molar-refractivity contribution is 0.465. The zero-order chi connectivity index (χ0) is 12.6. The molecule has 0 spiro atoms. The Bertz CT molecular complexity index is 531. The van der Waals surface area contributed by atoms with Crippen molar-refractivity contribution in [3.63, 3.8) is 0 Å². The van der Waals surface area contributed by atoms with Crippen LogP contribution in [0.2, 0.25) is 5.02 Å². The first-order valence-electron chi connectivity index (χ1n) is 5.26. The van der Waals surface area contributed by atoms with Gasteiger partial charge in [-0.15, -0.1) is 0 Å². The van der Waals surface area contributed by atoms with Crippen molar-refractivity contribution in [3.05, 3.63) is 56.4 Å². The van der Waals surface area contributed by atoms with Gasteiger partial charge >= 0.3 is 0 Å². The number of nitrogens with two attached hydrogens (primary N) is 1. The first kappa shape index (κ1) is 12.7. The molecule has 4 heteroatoms. The van der Waals surface area contributed by atoms with Gasteiger partial charge in [-0.2, -0.15) is 0 Å². The summed E-state index contributed by atoms with van der Waals surface area (Å²) in [4.78, 5) is 0. The van der Waals surface area contributed by atoms with Crippen molar-refractivity contribution in [3.8, 4) is 0 Å². The Balaban J connectivity index is 2.36. The molecule has 0 bridgehead atoms. The number of hydrogen-bond acceptors (Lipinski definition) is 2. The van der Waals surface area contributed by atoms with Crippen LogP contribution in [-0.4, -0.2) is 0 Å². The van der Waals surface area contributed by atoms with E-state index in [-0.39, 0.29) is 6.04 Å². The minimum atomic E-state index is -0.284. The molecule has 2 aromatic rings. The lowest BCUT2D eigenvalue weighted by Crippen LogP contribution is -2.10. The van der Waals surface area contributed by atoms with Crippen molar-refractivity contribution >= 4 is 27.5 Å². The number of rotatable bonds is 2. The summed E-state index contributed by atoms with van der Waals surface area (Å²) in [5.41, 5.74) is 8.20. The fraction of sp³-hybridized carbons (Fsp3) is 0.231. The Labute approximate surface area is 114 Å². The van der Waals surface area contributed by atoms with Crippen LogP contribution < -0.4 is 5.73 Å². The molecule has 0 aliphatic rings. The Morgan fingerprint density at radius 3 is 2.53 bits per heavy atom. The van der Waals surface area contributed by atoms with Crippen LogP contribution in [-0.2, 0) is 0 Å². The molecule has 0 amide bonds. The second-order valence-corrected chi connectivity index (χ2v) is 5.30. The number of hydrogen-bond donors (Lipinski definition) is 1. The first-order valence-corrected chi connectivity index (χ1v) is 6.43. The number of benzene rings is 1. The maximum atomic E-state index is 6.15. The summed E-state index contributed by atoms with van der Waals surface area (Å²) in [5, 5.41) is 0.651. The standard InChI is InChI=1S/C13H13BrClNO/c1-7-5-12(17-8(7)2)13(16)9-3-4-10(14)11(15)6-9/h3-6,13H,16H2,1-2H3. The molecule has 1 unspecified atom stereocenters. The predicted molar refractivity (Wildman–Crippen MR) is 73.4 cm³/mol. The third kappa shape index (κ3) is 2.57. The molecule has 1 atom stereocenters. The highest BCUT2D eigenvalue weighted by Gasteiger charge is 2.15. The van der Waals surface area contributed by atoms with E-state index >= 15 is 0 Å². The molecule has 0 aliphatic carbocycles. The van der Waals surface area contributed by atoms with Gasteiger partial charge in [-0.05, 0) is 59.1 Å². The van der Waals surface area contributed by atoms with Gasteiger partial charge in [0.2, 0.25) is 0 Å². The van der Waals surface area contributed by atoms with Crippen molar-refractivity contribution in [2.75, 3.05) is 0 Å². The molecule has 17 heavy (non-hydrogen) atoms. The molecule has 0 fully saturated rings. The zero-order valence-corrected chi connectivity index (χ0v) is 12.0. The lowest BCUT2D eigenvalue weighted by Gasteiger charge is -2.10. The summed E-state index contributed by atoms with van der Waals surface area (Å²) in [6.07, 6.45) is 0. The highest BCUT2D eigenvalue weighted by Crippen LogP contribution is 2.29. The van der Waals surface area contributed by atoms with Crippen LogP contribution in [0.4, 0.5) is 0 Å². The molecule has 1 aromatic carbocycles. The summed E-state index contributed by atoms with van der Waals surface area (Å²) in [6, 6.07) is 7.36. The molecule has 0 saturated heterocycles. The van der Waals surface area contributed by atoms with E-state index < -0.39 is 0 Å². The molecule has 2 rings (SSSR count). The fourth-order valence-corrected chi connectivity index (χ4v) is 2.06. The van der Waals surface area contributed by atoms with Gasteiger partial charge in [0.25, 0.3) is 0 Å². The second-order valence-electron chi connectivity index (χ2n) is 4.04. The van der Waals surface area contributed by atoms with Gasteiger partial charge in [0, 0.05) is 4.47 Å². The quantitative estimate of drug-likeness (QED) is 0.894. The van der Waals surface area contributed by atoms with Crippen molar-refractivity contribution in [1.29, 1.82) is 0 Å². The molecule has 0 saturated carbocycles.